The van der Waals surface area contributed by atoms with Crippen LogP contribution in [0.2, 0.25) is 0 Å². The molecule has 0 atom stereocenters. The van der Waals surface area contributed by atoms with E-state index in [1.165, 1.54) is 5.56 Å². The maximum atomic E-state index is 5.58. The van der Waals surface area contributed by atoms with E-state index in [0.717, 1.165) is 29.5 Å². The number of thiocarbonyl (C=S) groups is 1. The quantitative estimate of drug-likeness (QED) is 0.550. The van der Waals surface area contributed by atoms with E-state index in [1.54, 1.807) is 0 Å². The van der Waals surface area contributed by atoms with E-state index in [9.17, 15) is 0 Å². The molecule has 0 heterocycles. The van der Waals surface area contributed by atoms with Crippen LogP contribution in [0.4, 0.5) is 5.69 Å². The Labute approximate surface area is 147 Å². The average molecular weight is 347 g/mol. The van der Waals surface area contributed by atoms with Gasteiger partial charge in [0.15, 0.2) is 5.11 Å². The maximum absolute atomic E-state index is 5.58. The summed E-state index contributed by atoms with van der Waals surface area (Å²) in [7, 11) is 0. The van der Waals surface area contributed by atoms with Gasteiger partial charge < -0.3 is 15.4 Å². The number of hydrogen-bond acceptors (Lipinski definition) is 3. The summed E-state index contributed by atoms with van der Waals surface area (Å²) in [5.74, 6) is 2.84. The molecular formula is C18H22N2OS2. The predicted octanol–water partition coefficient (Wildman–Crippen LogP) is 4.31. The van der Waals surface area contributed by atoms with Crippen LogP contribution in [0.15, 0.2) is 54.6 Å². The van der Waals surface area contributed by atoms with Crippen molar-refractivity contribution in [2.45, 2.75) is 12.7 Å². The zero-order valence-corrected chi connectivity index (χ0v) is 14.9. The molecule has 0 aliphatic rings. The summed E-state index contributed by atoms with van der Waals surface area (Å²) < 4.78 is 5.58. The first-order valence-electron chi connectivity index (χ1n) is 7.68. The van der Waals surface area contributed by atoms with Crippen LogP contribution in [0.1, 0.15) is 12.5 Å². The van der Waals surface area contributed by atoms with Crippen molar-refractivity contribution in [3.05, 3.63) is 60.2 Å². The van der Waals surface area contributed by atoms with Gasteiger partial charge in [0.2, 0.25) is 0 Å². The molecule has 0 fully saturated rings. The first kappa shape index (κ1) is 17.6. The van der Waals surface area contributed by atoms with Gasteiger partial charge in [-0.25, -0.2) is 0 Å². The van der Waals surface area contributed by atoms with Gasteiger partial charge in [-0.1, -0.05) is 42.5 Å². The smallest absolute Gasteiger partial charge is 0.170 e. The Morgan fingerprint density at radius 2 is 1.83 bits per heavy atom. The topological polar surface area (TPSA) is 33.3 Å². The van der Waals surface area contributed by atoms with Crippen molar-refractivity contribution in [2.75, 3.05) is 24.2 Å². The van der Waals surface area contributed by atoms with Gasteiger partial charge in [0.1, 0.15) is 5.75 Å². The van der Waals surface area contributed by atoms with Crippen LogP contribution in [0.25, 0.3) is 0 Å². The Hall–Kier alpha value is -1.72. The molecule has 0 saturated carbocycles. The number of benzene rings is 2. The third-order valence-corrected chi connectivity index (χ3v) is 4.36. The Bertz CT molecular complexity index is 605. The Balaban J connectivity index is 1.67. The first-order valence-corrected chi connectivity index (χ1v) is 9.24. The van der Waals surface area contributed by atoms with Gasteiger partial charge in [-0.05, 0) is 36.8 Å². The van der Waals surface area contributed by atoms with Gasteiger partial charge in [0, 0.05) is 18.1 Å². The molecule has 0 unspecified atom stereocenters. The van der Waals surface area contributed by atoms with Crippen LogP contribution < -0.4 is 15.4 Å². The van der Waals surface area contributed by atoms with E-state index in [-0.39, 0.29) is 0 Å². The number of thioether (sulfide) groups is 1. The number of rotatable bonds is 8. The molecule has 5 heteroatoms. The second-order valence-electron chi connectivity index (χ2n) is 4.85. The van der Waals surface area contributed by atoms with Crippen molar-refractivity contribution in [1.29, 1.82) is 0 Å². The minimum atomic E-state index is 0.623. The first-order chi connectivity index (χ1) is 11.3. The van der Waals surface area contributed by atoms with E-state index in [4.69, 9.17) is 17.0 Å². The molecule has 2 aromatic rings. The lowest BCUT2D eigenvalue weighted by atomic mass is 10.2. The fourth-order valence-electron chi connectivity index (χ4n) is 2.02. The minimum Gasteiger partial charge on any atom is -0.492 e. The van der Waals surface area contributed by atoms with E-state index in [2.05, 4.69) is 34.9 Å². The lowest BCUT2D eigenvalue weighted by molar-refractivity contribution is 0.342. The van der Waals surface area contributed by atoms with Crippen LogP contribution >= 0.6 is 24.0 Å². The second-order valence-corrected chi connectivity index (χ2v) is 6.36. The summed E-state index contributed by atoms with van der Waals surface area (Å²) in [6.45, 7) is 3.44. The van der Waals surface area contributed by atoms with Gasteiger partial charge in [-0.2, -0.15) is 11.8 Å². The average Bonchev–Trinajstić information content (AvgIpc) is 2.57. The van der Waals surface area contributed by atoms with Crippen molar-refractivity contribution in [3.8, 4) is 5.75 Å². The van der Waals surface area contributed by atoms with Gasteiger partial charge in [-0.15, -0.1) is 0 Å². The van der Waals surface area contributed by atoms with Crippen molar-refractivity contribution in [3.63, 3.8) is 0 Å². The third-order valence-electron chi connectivity index (χ3n) is 3.08. The molecule has 0 aliphatic heterocycles. The van der Waals surface area contributed by atoms with Gasteiger partial charge in [0.25, 0.3) is 0 Å². The van der Waals surface area contributed by atoms with Crippen molar-refractivity contribution >= 4 is 34.8 Å². The molecule has 0 saturated heterocycles. The number of hydrogen-bond donors (Lipinski definition) is 2. The highest BCUT2D eigenvalue weighted by molar-refractivity contribution is 7.98. The summed E-state index contributed by atoms with van der Waals surface area (Å²) in [5.41, 5.74) is 2.24. The number of nitrogens with one attached hydrogen (secondary N) is 2. The molecule has 2 rings (SSSR count). The summed E-state index contributed by atoms with van der Waals surface area (Å²) in [6, 6.07) is 18.3. The SMILES string of the molecule is CCOc1ccccc1NC(=S)NCCSCc1ccccc1. The van der Waals surface area contributed by atoms with E-state index in [0.29, 0.717) is 11.7 Å². The highest BCUT2D eigenvalue weighted by Gasteiger charge is 2.04. The Kier molecular flexibility index (Phi) is 7.77. The van der Waals surface area contributed by atoms with Crippen LogP contribution in [0.5, 0.6) is 5.75 Å². The number of anilines is 1. The second kappa shape index (κ2) is 10.1. The van der Waals surface area contributed by atoms with Crippen LogP contribution in [-0.4, -0.2) is 24.0 Å². The number of para-hydroxylation sites is 2. The zero-order valence-electron chi connectivity index (χ0n) is 13.2. The van der Waals surface area contributed by atoms with Crippen molar-refractivity contribution < 1.29 is 4.74 Å². The molecular weight excluding hydrogens is 324 g/mol. The normalized spacial score (nSPS) is 10.1. The molecule has 122 valence electrons. The Morgan fingerprint density at radius 1 is 1.09 bits per heavy atom. The zero-order chi connectivity index (χ0) is 16.3. The Morgan fingerprint density at radius 3 is 2.61 bits per heavy atom. The van der Waals surface area contributed by atoms with Gasteiger partial charge in [0.05, 0.1) is 12.3 Å². The molecule has 0 spiro atoms. The molecule has 0 aromatic heterocycles. The lowest BCUT2D eigenvalue weighted by Gasteiger charge is -2.14. The molecule has 0 aliphatic carbocycles. The molecule has 0 amide bonds. The third kappa shape index (κ3) is 6.50. The molecule has 23 heavy (non-hydrogen) atoms. The van der Waals surface area contributed by atoms with Crippen LogP contribution in [-0.2, 0) is 5.75 Å². The largest absolute Gasteiger partial charge is 0.492 e. The molecule has 3 nitrogen and oxygen atoms in total. The lowest BCUT2D eigenvalue weighted by Crippen LogP contribution is -2.30. The van der Waals surface area contributed by atoms with E-state index < -0.39 is 0 Å². The highest BCUT2D eigenvalue weighted by atomic mass is 32.2. The van der Waals surface area contributed by atoms with Crippen molar-refractivity contribution in [2.24, 2.45) is 0 Å². The summed E-state index contributed by atoms with van der Waals surface area (Å²) in [5, 5.41) is 7.04. The fourth-order valence-corrected chi connectivity index (χ4v) is 3.05. The summed E-state index contributed by atoms with van der Waals surface area (Å²) in [6.07, 6.45) is 0. The maximum Gasteiger partial charge on any atom is 0.170 e. The van der Waals surface area contributed by atoms with Gasteiger partial charge >= 0.3 is 0 Å². The monoisotopic (exact) mass is 346 g/mol. The summed E-state index contributed by atoms with van der Waals surface area (Å²) >= 11 is 7.23. The van der Waals surface area contributed by atoms with Gasteiger partial charge in [-0.3, -0.25) is 0 Å². The van der Waals surface area contributed by atoms with Crippen LogP contribution in [0, 0.1) is 0 Å². The standard InChI is InChI=1S/C18H22N2OS2/c1-2-21-17-11-7-6-10-16(17)20-18(22)19-12-13-23-14-15-8-4-3-5-9-15/h3-11H,2,12-14H2,1H3,(H2,19,20,22). The molecule has 0 radical (unpaired) electrons. The molecule has 2 N–H and O–H groups in total. The van der Waals surface area contributed by atoms with Crippen LogP contribution in [0.3, 0.4) is 0 Å². The summed E-state index contributed by atoms with van der Waals surface area (Å²) in [4.78, 5) is 0. The fraction of sp³-hybridized carbons (Fsp3) is 0.278. The molecule has 2 aromatic carbocycles. The van der Waals surface area contributed by atoms with E-state index in [1.807, 2.05) is 49.0 Å². The number of ether oxygens (including phenoxy) is 1. The van der Waals surface area contributed by atoms with E-state index >= 15 is 0 Å². The predicted molar refractivity (Wildman–Crippen MR) is 104 cm³/mol. The van der Waals surface area contributed by atoms with Crippen molar-refractivity contribution in [1.82, 2.24) is 5.32 Å². The molecule has 0 bridgehead atoms. The highest BCUT2D eigenvalue weighted by Crippen LogP contribution is 2.23. The minimum absolute atomic E-state index is 0.623.